The molecule has 0 spiro atoms. The summed E-state index contributed by atoms with van der Waals surface area (Å²) in [6, 6.07) is 10.2. The fraction of sp³-hybridized carbons (Fsp3) is 0.267. The minimum atomic E-state index is -0.0633. The lowest BCUT2D eigenvalue weighted by molar-refractivity contribution is 0.903. The quantitative estimate of drug-likeness (QED) is 0.796. The third-order valence-corrected chi connectivity index (χ3v) is 2.75. The minimum Gasteiger partial charge on any atom is -0.321 e. The van der Waals surface area contributed by atoms with Crippen molar-refractivity contribution in [2.45, 2.75) is 26.8 Å². The van der Waals surface area contributed by atoms with Crippen LogP contribution in [0, 0.1) is 6.92 Å². The van der Waals surface area contributed by atoms with E-state index in [9.17, 15) is 0 Å². The number of rotatable bonds is 2. The molecule has 2 aromatic rings. The van der Waals surface area contributed by atoms with Crippen molar-refractivity contribution >= 4 is 10.9 Å². The van der Waals surface area contributed by atoms with E-state index in [2.05, 4.69) is 37.0 Å². The zero-order valence-electron chi connectivity index (χ0n) is 10.6. The molecule has 0 saturated carbocycles. The number of pyridine rings is 1. The molecule has 1 aromatic heterocycles. The van der Waals surface area contributed by atoms with Crippen LogP contribution in [0.15, 0.2) is 42.0 Å². The van der Waals surface area contributed by atoms with Crippen LogP contribution in [0.25, 0.3) is 10.9 Å². The number of allylic oxidation sites excluding steroid dienone is 1. The van der Waals surface area contributed by atoms with Gasteiger partial charge in [-0.2, -0.15) is 0 Å². The highest BCUT2D eigenvalue weighted by molar-refractivity contribution is 5.83. The predicted octanol–water partition coefficient (Wildman–Crippen LogP) is 3.51. The van der Waals surface area contributed by atoms with E-state index in [1.54, 1.807) is 0 Å². The molecule has 1 heterocycles. The van der Waals surface area contributed by atoms with E-state index in [1.807, 2.05) is 25.1 Å². The number of aryl methyl sites for hydroxylation is 1. The Morgan fingerprint density at radius 3 is 2.71 bits per heavy atom. The molecule has 0 amide bonds. The van der Waals surface area contributed by atoms with Crippen molar-refractivity contribution in [2.75, 3.05) is 0 Å². The van der Waals surface area contributed by atoms with Gasteiger partial charge in [-0.1, -0.05) is 29.8 Å². The second-order valence-electron chi connectivity index (χ2n) is 4.64. The molecular weight excluding hydrogens is 208 g/mol. The maximum absolute atomic E-state index is 6.23. The van der Waals surface area contributed by atoms with Gasteiger partial charge >= 0.3 is 0 Å². The Kier molecular flexibility index (Phi) is 3.25. The van der Waals surface area contributed by atoms with E-state index < -0.39 is 0 Å². The van der Waals surface area contributed by atoms with Gasteiger partial charge < -0.3 is 5.73 Å². The Hall–Kier alpha value is -1.67. The van der Waals surface area contributed by atoms with Crippen LogP contribution in [-0.2, 0) is 0 Å². The van der Waals surface area contributed by atoms with Crippen molar-refractivity contribution in [2.24, 2.45) is 5.73 Å². The second kappa shape index (κ2) is 4.68. The molecule has 2 heteroatoms. The molecule has 0 fully saturated rings. The molecule has 1 aromatic carbocycles. The number of hydrogen-bond acceptors (Lipinski definition) is 2. The van der Waals surface area contributed by atoms with Crippen LogP contribution in [0.2, 0.25) is 0 Å². The number of fused-ring (bicyclic) bond motifs is 1. The molecule has 0 radical (unpaired) electrons. The molecule has 0 aliphatic heterocycles. The first kappa shape index (κ1) is 11.8. The van der Waals surface area contributed by atoms with Crippen molar-refractivity contribution in [1.29, 1.82) is 0 Å². The van der Waals surface area contributed by atoms with E-state index in [0.29, 0.717) is 0 Å². The van der Waals surface area contributed by atoms with Gasteiger partial charge in [0.2, 0.25) is 0 Å². The highest BCUT2D eigenvalue weighted by Crippen LogP contribution is 2.24. The Labute approximate surface area is 102 Å². The zero-order chi connectivity index (χ0) is 12.4. The molecule has 17 heavy (non-hydrogen) atoms. The molecule has 0 bridgehead atoms. The number of nitrogens with two attached hydrogens (primary N) is 1. The monoisotopic (exact) mass is 226 g/mol. The Morgan fingerprint density at radius 2 is 2.00 bits per heavy atom. The van der Waals surface area contributed by atoms with Crippen LogP contribution in [0.4, 0.5) is 0 Å². The van der Waals surface area contributed by atoms with Crippen LogP contribution in [-0.4, -0.2) is 4.98 Å². The first-order valence-electron chi connectivity index (χ1n) is 5.85. The van der Waals surface area contributed by atoms with Crippen molar-refractivity contribution in [3.05, 3.63) is 53.2 Å². The van der Waals surface area contributed by atoms with Crippen molar-refractivity contribution in [3.8, 4) is 0 Å². The third kappa shape index (κ3) is 2.53. The minimum absolute atomic E-state index is 0.0633. The third-order valence-electron chi connectivity index (χ3n) is 2.75. The smallest absolute Gasteiger partial charge is 0.0708 e. The summed E-state index contributed by atoms with van der Waals surface area (Å²) in [5.74, 6) is 0. The Balaban J connectivity index is 2.63. The Morgan fingerprint density at radius 1 is 1.29 bits per heavy atom. The largest absolute Gasteiger partial charge is 0.321 e. The standard InChI is InChI=1S/C15H18N2/c1-10(2)8-14(16)13-9-11(3)17-15-7-5-4-6-12(13)15/h4-9,14H,16H2,1-3H3. The number of para-hydroxylation sites is 1. The highest BCUT2D eigenvalue weighted by atomic mass is 14.7. The van der Waals surface area contributed by atoms with Gasteiger partial charge in [0, 0.05) is 17.1 Å². The van der Waals surface area contributed by atoms with Gasteiger partial charge in [0.15, 0.2) is 0 Å². The average molecular weight is 226 g/mol. The summed E-state index contributed by atoms with van der Waals surface area (Å²) in [7, 11) is 0. The topological polar surface area (TPSA) is 38.9 Å². The van der Waals surface area contributed by atoms with Crippen molar-refractivity contribution < 1.29 is 0 Å². The molecule has 0 aliphatic rings. The summed E-state index contributed by atoms with van der Waals surface area (Å²) in [6.45, 7) is 6.14. The van der Waals surface area contributed by atoms with E-state index in [-0.39, 0.29) is 6.04 Å². The van der Waals surface area contributed by atoms with Crippen molar-refractivity contribution in [3.63, 3.8) is 0 Å². The maximum atomic E-state index is 6.23. The van der Waals surface area contributed by atoms with E-state index >= 15 is 0 Å². The summed E-state index contributed by atoms with van der Waals surface area (Å²) in [5.41, 5.74) is 10.6. The number of aromatic nitrogens is 1. The summed E-state index contributed by atoms with van der Waals surface area (Å²) in [6.07, 6.45) is 2.08. The van der Waals surface area contributed by atoms with E-state index in [0.717, 1.165) is 22.2 Å². The lowest BCUT2D eigenvalue weighted by Crippen LogP contribution is -2.09. The lowest BCUT2D eigenvalue weighted by atomic mass is 10.00. The van der Waals surface area contributed by atoms with Crippen LogP contribution < -0.4 is 5.73 Å². The van der Waals surface area contributed by atoms with Gasteiger partial charge in [-0.3, -0.25) is 4.98 Å². The summed E-state index contributed by atoms with van der Waals surface area (Å²) < 4.78 is 0. The van der Waals surface area contributed by atoms with Gasteiger partial charge in [0.1, 0.15) is 0 Å². The Bertz CT molecular complexity index is 566. The average Bonchev–Trinajstić information content (AvgIpc) is 2.26. The molecule has 2 nitrogen and oxygen atoms in total. The molecule has 0 saturated heterocycles. The van der Waals surface area contributed by atoms with Gasteiger partial charge in [-0.25, -0.2) is 0 Å². The van der Waals surface area contributed by atoms with Gasteiger partial charge in [-0.15, -0.1) is 0 Å². The predicted molar refractivity (Wildman–Crippen MR) is 72.8 cm³/mol. The highest BCUT2D eigenvalue weighted by Gasteiger charge is 2.09. The van der Waals surface area contributed by atoms with Crippen LogP contribution in [0.5, 0.6) is 0 Å². The molecular formula is C15H18N2. The van der Waals surface area contributed by atoms with Crippen LogP contribution >= 0.6 is 0 Å². The van der Waals surface area contributed by atoms with Crippen LogP contribution in [0.3, 0.4) is 0 Å². The fourth-order valence-corrected chi connectivity index (χ4v) is 2.06. The summed E-state index contributed by atoms with van der Waals surface area (Å²) in [4.78, 5) is 4.52. The molecule has 2 N–H and O–H groups in total. The van der Waals surface area contributed by atoms with Crippen molar-refractivity contribution in [1.82, 2.24) is 4.98 Å². The van der Waals surface area contributed by atoms with E-state index in [1.165, 1.54) is 5.57 Å². The van der Waals surface area contributed by atoms with Crippen LogP contribution in [0.1, 0.15) is 31.1 Å². The summed E-state index contributed by atoms with van der Waals surface area (Å²) in [5, 5.41) is 1.14. The molecule has 1 unspecified atom stereocenters. The number of nitrogens with zero attached hydrogens (tertiary/aromatic N) is 1. The number of benzene rings is 1. The number of hydrogen-bond donors (Lipinski definition) is 1. The first-order valence-corrected chi connectivity index (χ1v) is 5.85. The zero-order valence-corrected chi connectivity index (χ0v) is 10.6. The maximum Gasteiger partial charge on any atom is 0.0708 e. The molecule has 88 valence electrons. The summed E-state index contributed by atoms with van der Waals surface area (Å²) >= 11 is 0. The van der Waals surface area contributed by atoms with E-state index in [4.69, 9.17) is 5.73 Å². The molecule has 0 aliphatic carbocycles. The van der Waals surface area contributed by atoms with Gasteiger partial charge in [-0.05, 0) is 38.5 Å². The lowest BCUT2D eigenvalue weighted by Gasteiger charge is -2.12. The fourth-order valence-electron chi connectivity index (χ4n) is 2.06. The van der Waals surface area contributed by atoms with Gasteiger partial charge in [0.25, 0.3) is 0 Å². The normalized spacial score (nSPS) is 12.5. The second-order valence-corrected chi connectivity index (χ2v) is 4.64. The molecule has 1 atom stereocenters. The SMILES string of the molecule is CC(C)=CC(N)c1cc(C)nc2ccccc12. The first-order chi connectivity index (χ1) is 8.08. The van der Waals surface area contributed by atoms with Gasteiger partial charge in [0.05, 0.1) is 5.52 Å². The molecule has 2 rings (SSSR count).